The number of hydrogen-bond donors (Lipinski definition) is 0. The van der Waals surface area contributed by atoms with Crippen molar-refractivity contribution in [3.8, 4) is 0 Å². The Labute approximate surface area is 200 Å². The van der Waals surface area contributed by atoms with Gasteiger partial charge in [-0.05, 0) is 54.1 Å². The first kappa shape index (κ1) is 23.4. The molecule has 4 aromatic carbocycles. The number of carbonyl (C=O) groups is 2. The van der Waals surface area contributed by atoms with Crippen molar-refractivity contribution in [2.75, 3.05) is 14.2 Å². The smallest absolute Gasteiger partial charge is 0.338 e. The van der Waals surface area contributed by atoms with Crippen LogP contribution in [0.2, 0.25) is 0 Å². The number of carbonyl (C=O) groups excluding carboxylic acids is 2. The van der Waals surface area contributed by atoms with Gasteiger partial charge < -0.3 is 9.47 Å². The zero-order chi connectivity index (χ0) is 24.0. The second-order valence-electron chi connectivity index (χ2n) is 7.84. The zero-order valence-corrected chi connectivity index (χ0v) is 20.1. The molecule has 0 spiro atoms. The SMILES string of the molecule is COC(=O)c1ccc(C[P+](c2ccccc2)(c2ccccc2)c2ccccc2)cc1C(=O)OC. The third-order valence-electron chi connectivity index (χ3n) is 5.91. The van der Waals surface area contributed by atoms with E-state index < -0.39 is 19.2 Å². The van der Waals surface area contributed by atoms with Gasteiger partial charge in [0.1, 0.15) is 23.2 Å². The summed E-state index contributed by atoms with van der Waals surface area (Å²) in [6, 6.07) is 36.9. The molecule has 0 unspecified atom stereocenters. The summed E-state index contributed by atoms with van der Waals surface area (Å²) in [7, 11) is 0.463. The van der Waals surface area contributed by atoms with Crippen LogP contribution in [-0.4, -0.2) is 26.2 Å². The van der Waals surface area contributed by atoms with Crippen LogP contribution in [-0.2, 0) is 15.6 Å². The molecule has 4 aromatic rings. The van der Waals surface area contributed by atoms with Crippen LogP contribution >= 0.6 is 7.26 Å². The van der Waals surface area contributed by atoms with E-state index in [9.17, 15) is 9.59 Å². The molecule has 0 aliphatic carbocycles. The first-order chi connectivity index (χ1) is 16.6. The summed E-state index contributed by atoms with van der Waals surface area (Å²) in [5, 5.41) is 3.72. The van der Waals surface area contributed by atoms with Gasteiger partial charge >= 0.3 is 11.9 Å². The molecule has 0 saturated heterocycles. The monoisotopic (exact) mass is 469 g/mol. The minimum Gasteiger partial charge on any atom is -0.465 e. The number of esters is 2. The maximum absolute atomic E-state index is 12.6. The number of methoxy groups -OCH3 is 2. The van der Waals surface area contributed by atoms with Gasteiger partial charge in [-0.15, -0.1) is 0 Å². The fraction of sp³-hybridized carbons (Fsp3) is 0.103. The van der Waals surface area contributed by atoms with Gasteiger partial charge in [0.2, 0.25) is 0 Å². The van der Waals surface area contributed by atoms with E-state index in [4.69, 9.17) is 9.47 Å². The van der Waals surface area contributed by atoms with E-state index in [1.165, 1.54) is 30.1 Å². The number of ether oxygens (including phenoxy) is 2. The Hall–Kier alpha value is -3.75. The fourth-order valence-corrected chi connectivity index (χ4v) is 8.53. The molecule has 0 amide bonds. The molecule has 5 heteroatoms. The Morgan fingerprint density at radius 3 is 1.41 bits per heavy atom. The largest absolute Gasteiger partial charge is 0.465 e. The van der Waals surface area contributed by atoms with Crippen LogP contribution in [0.1, 0.15) is 26.3 Å². The highest BCUT2D eigenvalue weighted by molar-refractivity contribution is 7.95. The molecule has 0 atom stereocenters. The number of benzene rings is 4. The van der Waals surface area contributed by atoms with Gasteiger partial charge in [0.25, 0.3) is 0 Å². The standard InChI is InChI=1S/C29H26O4P/c1-32-28(30)26-19-18-22(20-27(26)29(31)33-2)21-34(23-12-6-3-7-13-23,24-14-8-4-9-15-24)25-16-10-5-11-17-25/h3-20H,21H2,1-2H3/q+1. The summed E-state index contributed by atoms with van der Waals surface area (Å²) in [5.74, 6) is -1.13. The van der Waals surface area contributed by atoms with E-state index in [0.29, 0.717) is 6.16 Å². The Kier molecular flexibility index (Phi) is 7.20. The molecule has 0 aliphatic heterocycles. The van der Waals surface area contributed by atoms with E-state index in [1.807, 2.05) is 24.3 Å². The molecule has 4 rings (SSSR count). The maximum Gasteiger partial charge on any atom is 0.338 e. The fourth-order valence-electron chi connectivity index (χ4n) is 4.30. The molecular formula is C29H26O4P+. The Morgan fingerprint density at radius 1 is 0.588 bits per heavy atom. The van der Waals surface area contributed by atoms with Crippen molar-refractivity contribution in [1.82, 2.24) is 0 Å². The van der Waals surface area contributed by atoms with E-state index in [1.54, 1.807) is 12.1 Å². The van der Waals surface area contributed by atoms with Crippen molar-refractivity contribution in [3.63, 3.8) is 0 Å². The van der Waals surface area contributed by atoms with Crippen LogP contribution in [0.15, 0.2) is 109 Å². The third kappa shape index (κ3) is 4.50. The summed E-state index contributed by atoms with van der Waals surface area (Å²) in [6.45, 7) is 0. The molecule has 0 bridgehead atoms. The van der Waals surface area contributed by atoms with Gasteiger partial charge in [-0.1, -0.05) is 60.7 Å². The lowest BCUT2D eigenvalue weighted by Crippen LogP contribution is -2.32. The average Bonchev–Trinajstić information content (AvgIpc) is 2.92. The van der Waals surface area contributed by atoms with Crippen LogP contribution in [0.3, 0.4) is 0 Å². The molecule has 0 heterocycles. The molecule has 0 radical (unpaired) electrons. The van der Waals surface area contributed by atoms with Gasteiger partial charge in [-0.3, -0.25) is 0 Å². The molecular weight excluding hydrogens is 443 g/mol. The van der Waals surface area contributed by atoms with Crippen LogP contribution in [0.4, 0.5) is 0 Å². The van der Waals surface area contributed by atoms with E-state index in [-0.39, 0.29) is 11.1 Å². The van der Waals surface area contributed by atoms with E-state index in [0.717, 1.165) is 5.56 Å². The molecule has 34 heavy (non-hydrogen) atoms. The highest BCUT2D eigenvalue weighted by Gasteiger charge is 2.45. The predicted molar refractivity (Wildman–Crippen MR) is 138 cm³/mol. The summed E-state index contributed by atoms with van der Waals surface area (Å²) in [6.07, 6.45) is 0.677. The van der Waals surface area contributed by atoms with E-state index >= 15 is 0 Å². The van der Waals surface area contributed by atoms with Crippen molar-refractivity contribution < 1.29 is 19.1 Å². The lowest BCUT2D eigenvalue weighted by atomic mass is 10.0. The molecule has 170 valence electrons. The zero-order valence-electron chi connectivity index (χ0n) is 19.2. The van der Waals surface area contributed by atoms with Crippen molar-refractivity contribution in [2.45, 2.75) is 6.16 Å². The highest BCUT2D eigenvalue weighted by Crippen LogP contribution is 2.58. The average molecular weight is 469 g/mol. The van der Waals surface area contributed by atoms with Crippen molar-refractivity contribution in [3.05, 3.63) is 126 Å². The Morgan fingerprint density at radius 2 is 1.00 bits per heavy atom. The minimum atomic E-state index is -2.15. The topological polar surface area (TPSA) is 52.6 Å². The molecule has 0 N–H and O–H groups in total. The van der Waals surface area contributed by atoms with Gasteiger partial charge in [0, 0.05) is 0 Å². The second-order valence-corrected chi connectivity index (χ2v) is 11.3. The third-order valence-corrected chi connectivity index (χ3v) is 10.3. The van der Waals surface area contributed by atoms with Gasteiger partial charge in [0.05, 0.1) is 31.5 Å². The molecule has 0 fully saturated rings. The number of rotatable bonds is 7. The van der Waals surface area contributed by atoms with Crippen LogP contribution in [0.25, 0.3) is 0 Å². The number of hydrogen-bond acceptors (Lipinski definition) is 4. The summed E-state index contributed by atoms with van der Waals surface area (Å²) < 4.78 is 9.85. The quantitative estimate of drug-likeness (QED) is 0.290. The molecule has 0 aromatic heterocycles. The highest BCUT2D eigenvalue weighted by atomic mass is 31.2. The van der Waals surface area contributed by atoms with Crippen LogP contribution in [0, 0.1) is 0 Å². The van der Waals surface area contributed by atoms with E-state index in [2.05, 4.69) is 72.8 Å². The Bertz CT molecular complexity index is 1170. The first-order valence-corrected chi connectivity index (χ1v) is 12.9. The van der Waals surface area contributed by atoms with Gasteiger partial charge in [0.15, 0.2) is 0 Å². The normalized spacial score (nSPS) is 11.0. The lowest BCUT2D eigenvalue weighted by Gasteiger charge is -2.28. The van der Waals surface area contributed by atoms with Gasteiger partial charge in [-0.25, -0.2) is 9.59 Å². The maximum atomic E-state index is 12.6. The first-order valence-electron chi connectivity index (χ1n) is 10.9. The van der Waals surface area contributed by atoms with Crippen molar-refractivity contribution >= 4 is 35.1 Å². The summed E-state index contributed by atoms with van der Waals surface area (Å²) >= 11 is 0. The summed E-state index contributed by atoms with van der Waals surface area (Å²) in [5.41, 5.74) is 1.35. The minimum absolute atomic E-state index is 0.196. The second kappa shape index (κ2) is 10.5. The van der Waals surface area contributed by atoms with Crippen molar-refractivity contribution in [2.24, 2.45) is 0 Å². The lowest BCUT2D eigenvalue weighted by molar-refractivity contribution is 0.0555. The molecule has 4 nitrogen and oxygen atoms in total. The van der Waals surface area contributed by atoms with Crippen molar-refractivity contribution in [1.29, 1.82) is 0 Å². The predicted octanol–water partition coefficient (Wildman–Crippen LogP) is 4.75. The Balaban J connectivity index is 1.96. The van der Waals surface area contributed by atoms with Crippen LogP contribution in [0.5, 0.6) is 0 Å². The summed E-state index contributed by atoms with van der Waals surface area (Å²) in [4.78, 5) is 24.9. The van der Waals surface area contributed by atoms with Crippen LogP contribution < -0.4 is 15.9 Å². The molecule has 0 aliphatic rings. The van der Waals surface area contributed by atoms with Gasteiger partial charge in [-0.2, -0.15) is 0 Å². The molecule has 0 saturated carbocycles.